The van der Waals surface area contributed by atoms with Crippen LogP contribution in [0.1, 0.15) is 13.3 Å². The number of halogens is 3. The molecule has 0 aliphatic heterocycles. The summed E-state index contributed by atoms with van der Waals surface area (Å²) < 4.78 is 40.1. The number of carbonyl (C=O) groups excluding carboxylic acids is 1. The lowest BCUT2D eigenvalue weighted by Crippen LogP contribution is -2.40. The van der Waals surface area contributed by atoms with Gasteiger partial charge in [0, 0.05) is 6.54 Å². The topological polar surface area (TPSA) is 52.3 Å². The molecule has 1 unspecified atom stereocenters. The Morgan fingerprint density at radius 2 is 1.92 bits per heavy atom. The minimum Gasteiger partial charge on any atom is -0.469 e. The maximum absolute atomic E-state index is 12.0. The molecular formula is C7H12F3NO2. The van der Waals surface area contributed by atoms with Crippen LogP contribution in [0.3, 0.4) is 0 Å². The third kappa shape index (κ3) is 3.63. The zero-order valence-corrected chi connectivity index (χ0v) is 7.44. The first-order valence-corrected chi connectivity index (χ1v) is 3.60. The quantitative estimate of drug-likeness (QED) is 0.692. The van der Waals surface area contributed by atoms with Gasteiger partial charge in [0.25, 0.3) is 0 Å². The first kappa shape index (κ1) is 12.2. The Bertz CT molecular complexity index is 193. The molecule has 0 aromatic rings. The molecule has 1 atom stereocenters. The van der Waals surface area contributed by atoms with E-state index in [0.717, 1.165) is 14.0 Å². The molecule has 2 N–H and O–H groups in total. The largest absolute Gasteiger partial charge is 0.469 e. The first-order valence-electron chi connectivity index (χ1n) is 3.60. The summed E-state index contributed by atoms with van der Waals surface area (Å²) in [7, 11) is 1.03. The van der Waals surface area contributed by atoms with E-state index in [0.29, 0.717) is 0 Å². The van der Waals surface area contributed by atoms with Gasteiger partial charge in [-0.1, -0.05) is 0 Å². The molecule has 0 saturated carbocycles. The van der Waals surface area contributed by atoms with Gasteiger partial charge in [0.05, 0.1) is 18.9 Å². The molecule has 13 heavy (non-hydrogen) atoms. The Labute approximate surface area is 74.0 Å². The van der Waals surface area contributed by atoms with E-state index in [4.69, 9.17) is 5.73 Å². The van der Waals surface area contributed by atoms with Crippen LogP contribution in [-0.4, -0.2) is 25.8 Å². The lowest BCUT2D eigenvalue weighted by molar-refractivity contribution is -0.177. The van der Waals surface area contributed by atoms with Crippen LogP contribution in [0.4, 0.5) is 13.2 Å². The standard InChI is InChI=1S/C7H12F3NO2/c1-6(4-11,5(12)13-2)3-7(8,9)10/h3-4,11H2,1-2H3. The number of rotatable bonds is 3. The zero-order valence-electron chi connectivity index (χ0n) is 7.44. The summed E-state index contributed by atoms with van der Waals surface area (Å²) >= 11 is 0. The predicted molar refractivity (Wildman–Crippen MR) is 39.8 cm³/mol. The van der Waals surface area contributed by atoms with Gasteiger partial charge >= 0.3 is 12.1 Å². The second-order valence-corrected chi connectivity index (χ2v) is 3.05. The maximum Gasteiger partial charge on any atom is 0.390 e. The van der Waals surface area contributed by atoms with Gasteiger partial charge in [-0.2, -0.15) is 13.2 Å². The molecule has 0 radical (unpaired) electrons. The Morgan fingerprint density at radius 3 is 2.15 bits per heavy atom. The summed E-state index contributed by atoms with van der Waals surface area (Å²) in [5, 5.41) is 0. The van der Waals surface area contributed by atoms with E-state index in [2.05, 4.69) is 4.74 Å². The van der Waals surface area contributed by atoms with E-state index in [9.17, 15) is 18.0 Å². The molecule has 6 heteroatoms. The molecule has 0 aromatic carbocycles. The molecule has 0 aliphatic carbocycles. The van der Waals surface area contributed by atoms with Gasteiger partial charge in [0.2, 0.25) is 0 Å². The van der Waals surface area contributed by atoms with E-state index in [-0.39, 0.29) is 6.54 Å². The van der Waals surface area contributed by atoms with Gasteiger partial charge < -0.3 is 10.5 Å². The summed E-state index contributed by atoms with van der Waals surface area (Å²) in [6.45, 7) is 0.742. The van der Waals surface area contributed by atoms with Crippen molar-refractivity contribution < 1.29 is 22.7 Å². The molecule has 78 valence electrons. The van der Waals surface area contributed by atoms with Crippen molar-refractivity contribution in [3.8, 4) is 0 Å². The monoisotopic (exact) mass is 199 g/mol. The first-order chi connectivity index (χ1) is 5.75. The van der Waals surface area contributed by atoms with Gasteiger partial charge in [0.1, 0.15) is 0 Å². The smallest absolute Gasteiger partial charge is 0.390 e. The fourth-order valence-corrected chi connectivity index (χ4v) is 0.916. The molecule has 0 rings (SSSR count). The number of carbonyl (C=O) groups is 1. The highest BCUT2D eigenvalue weighted by Gasteiger charge is 2.44. The summed E-state index contributed by atoms with van der Waals surface area (Å²) in [5.41, 5.74) is 3.42. The lowest BCUT2D eigenvalue weighted by Gasteiger charge is -2.25. The van der Waals surface area contributed by atoms with Crippen LogP contribution < -0.4 is 5.73 Å². The molecule has 0 bridgehead atoms. The summed E-state index contributed by atoms with van der Waals surface area (Å²) in [5.74, 6) is -0.938. The highest BCUT2D eigenvalue weighted by molar-refractivity contribution is 5.76. The Kier molecular flexibility index (Phi) is 3.71. The van der Waals surface area contributed by atoms with Crippen molar-refractivity contribution in [2.24, 2.45) is 11.1 Å². The number of hydrogen-bond acceptors (Lipinski definition) is 3. The average molecular weight is 199 g/mol. The number of nitrogens with two attached hydrogens (primary N) is 1. The normalized spacial score (nSPS) is 16.5. The molecule has 0 fully saturated rings. The third-order valence-corrected chi connectivity index (χ3v) is 1.72. The van der Waals surface area contributed by atoms with Crippen molar-refractivity contribution in [1.29, 1.82) is 0 Å². The Balaban J connectivity index is 4.55. The predicted octanol–water partition coefficient (Wildman–Crippen LogP) is 1.08. The van der Waals surface area contributed by atoms with Crippen LogP contribution in [0.25, 0.3) is 0 Å². The second-order valence-electron chi connectivity index (χ2n) is 3.05. The second kappa shape index (κ2) is 3.95. The van der Waals surface area contributed by atoms with Crippen molar-refractivity contribution in [2.45, 2.75) is 19.5 Å². The van der Waals surface area contributed by atoms with Crippen molar-refractivity contribution in [3.63, 3.8) is 0 Å². The van der Waals surface area contributed by atoms with Crippen LogP contribution in [0.2, 0.25) is 0 Å². The van der Waals surface area contributed by atoms with Crippen LogP contribution in [0.5, 0.6) is 0 Å². The zero-order chi connectivity index (χ0) is 10.7. The van der Waals surface area contributed by atoms with Crippen molar-refractivity contribution in [1.82, 2.24) is 0 Å². The number of ether oxygens (including phenoxy) is 1. The highest BCUT2D eigenvalue weighted by atomic mass is 19.4. The van der Waals surface area contributed by atoms with Crippen LogP contribution in [0.15, 0.2) is 0 Å². The Morgan fingerprint density at radius 1 is 1.46 bits per heavy atom. The average Bonchev–Trinajstić information content (AvgIpc) is 1.99. The molecular weight excluding hydrogens is 187 g/mol. The van der Waals surface area contributed by atoms with E-state index in [1.54, 1.807) is 0 Å². The lowest BCUT2D eigenvalue weighted by atomic mass is 9.87. The molecule has 0 heterocycles. The molecule has 0 spiro atoms. The van der Waals surface area contributed by atoms with Crippen LogP contribution >= 0.6 is 0 Å². The number of methoxy groups -OCH3 is 1. The third-order valence-electron chi connectivity index (χ3n) is 1.72. The van der Waals surface area contributed by atoms with Crippen molar-refractivity contribution in [3.05, 3.63) is 0 Å². The number of hydrogen-bond donors (Lipinski definition) is 1. The summed E-state index contributed by atoms with van der Waals surface area (Å²) in [4.78, 5) is 10.9. The molecule has 3 nitrogen and oxygen atoms in total. The molecule has 0 amide bonds. The maximum atomic E-state index is 12.0. The van der Waals surface area contributed by atoms with E-state index >= 15 is 0 Å². The number of alkyl halides is 3. The van der Waals surface area contributed by atoms with Gasteiger partial charge in [-0.15, -0.1) is 0 Å². The molecule has 0 aliphatic rings. The van der Waals surface area contributed by atoms with Gasteiger partial charge in [0.15, 0.2) is 0 Å². The Hall–Kier alpha value is -0.780. The minimum absolute atomic E-state index is 0.390. The van der Waals surface area contributed by atoms with Crippen molar-refractivity contribution in [2.75, 3.05) is 13.7 Å². The highest BCUT2D eigenvalue weighted by Crippen LogP contribution is 2.33. The molecule has 0 aromatic heterocycles. The van der Waals surface area contributed by atoms with Crippen molar-refractivity contribution >= 4 is 5.97 Å². The number of esters is 1. The van der Waals surface area contributed by atoms with E-state index < -0.39 is 24.0 Å². The summed E-state index contributed by atoms with van der Waals surface area (Å²) in [6.07, 6.45) is -5.68. The minimum atomic E-state index is -4.41. The van der Waals surface area contributed by atoms with Gasteiger partial charge in [-0.05, 0) is 6.92 Å². The van der Waals surface area contributed by atoms with E-state index in [1.807, 2.05) is 0 Å². The van der Waals surface area contributed by atoms with Crippen LogP contribution in [-0.2, 0) is 9.53 Å². The van der Waals surface area contributed by atoms with Crippen LogP contribution in [0, 0.1) is 5.41 Å². The van der Waals surface area contributed by atoms with Gasteiger partial charge in [-0.3, -0.25) is 4.79 Å². The SMILES string of the molecule is COC(=O)C(C)(CN)CC(F)(F)F. The van der Waals surface area contributed by atoms with E-state index in [1.165, 1.54) is 0 Å². The summed E-state index contributed by atoms with van der Waals surface area (Å²) in [6, 6.07) is 0. The fourth-order valence-electron chi connectivity index (χ4n) is 0.916. The fraction of sp³-hybridized carbons (Fsp3) is 0.857. The molecule has 0 saturated heterocycles. The van der Waals surface area contributed by atoms with Gasteiger partial charge in [-0.25, -0.2) is 0 Å².